The van der Waals surface area contributed by atoms with Gasteiger partial charge in [0.15, 0.2) is 7.28 Å². The average molecular weight is 582 g/mol. The van der Waals surface area contributed by atoms with Gasteiger partial charge in [-0.05, 0) is 102 Å². The molecule has 0 aromatic heterocycles. The van der Waals surface area contributed by atoms with Crippen molar-refractivity contribution >= 4 is 46.5 Å². The lowest BCUT2D eigenvalue weighted by Crippen LogP contribution is -2.46. The Labute approximate surface area is 268 Å². The first-order valence-electron chi connectivity index (χ1n) is 16.2. The van der Waals surface area contributed by atoms with Gasteiger partial charge in [0.2, 0.25) is 0 Å². The molecule has 0 atom stereocenters. The van der Waals surface area contributed by atoms with E-state index in [4.69, 9.17) is 0 Å². The first-order chi connectivity index (χ1) is 21.8. The fraction of sp³-hybridized carbons (Fsp3) is 0.190. The SMILES string of the molecule is C=C1/C=C(Nc2ccc(C)cc2)\C(c2cc(C)cc3c2[B]c2cccc4c2N3c2ccccc2C4(C)C)=C/CC2=C1C=CCC2. The molecule has 8 rings (SSSR count). The number of hydrogen-bond donors (Lipinski definition) is 1. The van der Waals surface area contributed by atoms with Gasteiger partial charge in [0, 0.05) is 33.7 Å². The topological polar surface area (TPSA) is 15.3 Å². The summed E-state index contributed by atoms with van der Waals surface area (Å²) in [4.78, 5) is 2.53. The number of rotatable bonds is 3. The van der Waals surface area contributed by atoms with Gasteiger partial charge in [-0.2, -0.15) is 0 Å². The maximum absolute atomic E-state index is 4.58. The Morgan fingerprint density at radius 2 is 1.67 bits per heavy atom. The Balaban J connectivity index is 1.35. The molecule has 1 radical (unpaired) electrons. The van der Waals surface area contributed by atoms with Crippen LogP contribution in [0.3, 0.4) is 0 Å². The molecule has 3 heteroatoms. The van der Waals surface area contributed by atoms with Crippen molar-refractivity contribution in [3.63, 3.8) is 0 Å². The van der Waals surface area contributed by atoms with Gasteiger partial charge in [0.25, 0.3) is 0 Å². The van der Waals surface area contributed by atoms with Gasteiger partial charge in [-0.15, -0.1) is 0 Å². The predicted octanol–water partition coefficient (Wildman–Crippen LogP) is 9.37. The Kier molecular flexibility index (Phi) is 6.43. The molecule has 0 amide bonds. The molecule has 45 heavy (non-hydrogen) atoms. The number of para-hydroxylation sites is 2. The number of allylic oxidation sites excluding steroid dienone is 8. The maximum atomic E-state index is 4.58. The van der Waals surface area contributed by atoms with E-state index in [9.17, 15) is 0 Å². The van der Waals surface area contributed by atoms with Crippen molar-refractivity contribution < 1.29 is 0 Å². The third kappa shape index (κ3) is 4.48. The third-order valence-corrected chi connectivity index (χ3v) is 10.0. The van der Waals surface area contributed by atoms with Gasteiger partial charge >= 0.3 is 0 Å². The van der Waals surface area contributed by atoms with E-state index >= 15 is 0 Å². The monoisotopic (exact) mass is 581 g/mol. The minimum Gasteiger partial charge on any atom is -0.355 e. The van der Waals surface area contributed by atoms with Crippen LogP contribution in [0.15, 0.2) is 132 Å². The summed E-state index contributed by atoms with van der Waals surface area (Å²) in [5.41, 5.74) is 19.9. The summed E-state index contributed by atoms with van der Waals surface area (Å²) in [5, 5.41) is 3.83. The highest BCUT2D eigenvalue weighted by Crippen LogP contribution is 2.52. The molecule has 219 valence electrons. The van der Waals surface area contributed by atoms with E-state index in [2.05, 4.69) is 155 Å². The normalized spacial score (nSPS) is 19.8. The highest BCUT2D eigenvalue weighted by Gasteiger charge is 2.41. The van der Waals surface area contributed by atoms with E-state index in [1.54, 1.807) is 0 Å². The summed E-state index contributed by atoms with van der Waals surface area (Å²) in [6.07, 6.45) is 12.3. The molecule has 4 aromatic carbocycles. The Hall–Kier alpha value is -4.76. The fourth-order valence-corrected chi connectivity index (χ4v) is 7.71. The number of benzene rings is 4. The molecule has 2 heterocycles. The largest absolute Gasteiger partial charge is 0.355 e. The molecular weight excluding hydrogens is 543 g/mol. The van der Waals surface area contributed by atoms with Crippen molar-refractivity contribution in [2.75, 3.05) is 10.2 Å². The lowest BCUT2D eigenvalue weighted by molar-refractivity contribution is 0.632. The zero-order chi connectivity index (χ0) is 30.9. The average Bonchev–Trinajstić information content (AvgIpc) is 3.03. The van der Waals surface area contributed by atoms with Crippen LogP contribution in [0.25, 0.3) is 5.57 Å². The van der Waals surface area contributed by atoms with Crippen LogP contribution in [-0.2, 0) is 5.41 Å². The Morgan fingerprint density at radius 3 is 2.51 bits per heavy atom. The summed E-state index contributed by atoms with van der Waals surface area (Å²) in [5.74, 6) is 0. The molecule has 2 aliphatic heterocycles. The second-order valence-corrected chi connectivity index (χ2v) is 13.5. The highest BCUT2D eigenvalue weighted by atomic mass is 15.2. The summed E-state index contributed by atoms with van der Waals surface area (Å²) in [7, 11) is 2.43. The smallest absolute Gasteiger partial charge is 0.197 e. The third-order valence-electron chi connectivity index (χ3n) is 10.0. The molecule has 2 aliphatic carbocycles. The second kappa shape index (κ2) is 10.4. The minimum atomic E-state index is -0.0907. The highest BCUT2D eigenvalue weighted by molar-refractivity contribution is 6.72. The van der Waals surface area contributed by atoms with E-state index in [0.717, 1.165) is 36.2 Å². The number of aryl methyl sites for hydroxylation is 2. The van der Waals surface area contributed by atoms with Gasteiger partial charge in [-0.3, -0.25) is 0 Å². The van der Waals surface area contributed by atoms with Crippen molar-refractivity contribution in [1.29, 1.82) is 0 Å². The summed E-state index contributed by atoms with van der Waals surface area (Å²) in [6.45, 7) is 13.7. The van der Waals surface area contributed by atoms with Crippen LogP contribution in [0, 0.1) is 13.8 Å². The molecule has 0 fully saturated rings. The minimum absolute atomic E-state index is 0.0907. The number of anilines is 4. The molecule has 4 aromatic rings. The summed E-state index contributed by atoms with van der Waals surface area (Å²) in [6, 6.07) is 29.2. The van der Waals surface area contributed by atoms with Crippen LogP contribution in [0.2, 0.25) is 0 Å². The Morgan fingerprint density at radius 1 is 0.867 bits per heavy atom. The van der Waals surface area contributed by atoms with Crippen LogP contribution in [-0.4, -0.2) is 7.28 Å². The van der Waals surface area contributed by atoms with Crippen molar-refractivity contribution in [3.8, 4) is 0 Å². The number of hydrogen-bond acceptors (Lipinski definition) is 2. The zero-order valence-corrected chi connectivity index (χ0v) is 26.7. The van der Waals surface area contributed by atoms with E-state index in [1.165, 1.54) is 72.5 Å². The fourth-order valence-electron chi connectivity index (χ4n) is 7.71. The van der Waals surface area contributed by atoms with Gasteiger partial charge < -0.3 is 10.2 Å². The molecule has 4 aliphatic rings. The molecule has 1 N–H and O–H groups in total. The van der Waals surface area contributed by atoms with Gasteiger partial charge in [-0.1, -0.05) is 110 Å². The van der Waals surface area contributed by atoms with Crippen LogP contribution in [0.1, 0.15) is 60.9 Å². The second-order valence-electron chi connectivity index (χ2n) is 13.5. The molecule has 0 bridgehead atoms. The van der Waals surface area contributed by atoms with Crippen LogP contribution in [0.5, 0.6) is 0 Å². The van der Waals surface area contributed by atoms with Crippen molar-refractivity contribution in [2.24, 2.45) is 0 Å². The summed E-state index contributed by atoms with van der Waals surface area (Å²) < 4.78 is 0. The molecule has 0 spiro atoms. The van der Waals surface area contributed by atoms with Crippen LogP contribution >= 0.6 is 0 Å². The lowest BCUT2D eigenvalue weighted by atomic mass is 9.55. The lowest BCUT2D eigenvalue weighted by Gasteiger charge is -2.46. The molecule has 0 saturated carbocycles. The van der Waals surface area contributed by atoms with Crippen molar-refractivity contribution in [3.05, 3.63) is 160 Å². The van der Waals surface area contributed by atoms with Gasteiger partial charge in [0.1, 0.15) is 0 Å². The predicted molar refractivity (Wildman–Crippen MR) is 193 cm³/mol. The number of fused-ring (bicyclic) bond motifs is 4. The van der Waals surface area contributed by atoms with Gasteiger partial charge in [0.05, 0.1) is 5.69 Å². The van der Waals surface area contributed by atoms with Crippen LogP contribution in [0.4, 0.5) is 22.7 Å². The molecule has 0 saturated heterocycles. The van der Waals surface area contributed by atoms with E-state index in [0.29, 0.717) is 0 Å². The maximum Gasteiger partial charge on any atom is 0.197 e. The van der Waals surface area contributed by atoms with E-state index in [1.807, 2.05) is 0 Å². The zero-order valence-electron chi connectivity index (χ0n) is 26.7. The van der Waals surface area contributed by atoms with Gasteiger partial charge in [-0.25, -0.2) is 0 Å². The van der Waals surface area contributed by atoms with E-state index < -0.39 is 0 Å². The molecule has 2 nitrogen and oxygen atoms in total. The summed E-state index contributed by atoms with van der Waals surface area (Å²) >= 11 is 0. The first-order valence-corrected chi connectivity index (χ1v) is 16.2. The Bertz CT molecular complexity index is 2030. The van der Waals surface area contributed by atoms with Crippen molar-refractivity contribution in [2.45, 2.75) is 52.4 Å². The standard InChI is InChI=1S/C42H38BN2/c1-26-17-20-30(21-18-26)44-37-25-28(3)31-12-7-6-11-29(31)19-22-32(37)33-23-27(2)24-39-40(33)43-36-15-10-14-35-41(36)45(39)38-16-9-8-13-34(38)42(35,4)5/h7-10,12-18,20-25,44H,3,6,11,19H2,1-2,4-5H3/b32-22-,37-25+. The molecule has 0 unspecified atom stereocenters. The quantitative estimate of drug-likeness (QED) is 0.214. The number of nitrogens with one attached hydrogen (secondary N) is 1. The van der Waals surface area contributed by atoms with Crippen LogP contribution < -0.4 is 21.1 Å². The molecular formula is C42H38BN2. The van der Waals surface area contributed by atoms with Crippen molar-refractivity contribution in [1.82, 2.24) is 0 Å². The van der Waals surface area contributed by atoms with E-state index in [-0.39, 0.29) is 5.41 Å². The first kappa shape index (κ1) is 27.8. The number of nitrogens with zero attached hydrogens (tertiary/aromatic N) is 1.